The maximum absolute atomic E-state index is 12.9. The molecule has 0 saturated carbocycles. The summed E-state index contributed by atoms with van der Waals surface area (Å²) in [6, 6.07) is 18.9. The third-order valence-electron chi connectivity index (χ3n) is 5.92. The van der Waals surface area contributed by atoms with E-state index in [0.717, 1.165) is 29.8 Å². The maximum atomic E-state index is 12.9. The summed E-state index contributed by atoms with van der Waals surface area (Å²) in [5.74, 6) is -0.0678. The minimum Gasteiger partial charge on any atom is -0.346 e. The van der Waals surface area contributed by atoms with E-state index < -0.39 is 5.54 Å². The van der Waals surface area contributed by atoms with E-state index in [0.29, 0.717) is 18.7 Å². The van der Waals surface area contributed by atoms with Crippen molar-refractivity contribution < 1.29 is 9.59 Å². The van der Waals surface area contributed by atoms with Crippen molar-refractivity contribution in [3.8, 4) is 0 Å². The molecule has 1 unspecified atom stereocenters. The highest BCUT2D eigenvalue weighted by Gasteiger charge is 2.32. The van der Waals surface area contributed by atoms with E-state index in [1.807, 2.05) is 56.3 Å². The molecule has 0 spiro atoms. The molecule has 0 fully saturated rings. The van der Waals surface area contributed by atoms with Crippen LogP contribution in [0.25, 0.3) is 0 Å². The standard InChI is InChI=1S/C27H32N4O2/c1-20(32)24-12-5-4-10-21(24)18-22(14-17-28-19-23-11-6-8-15-29-23)27(2,3)31-26(33)25-13-7-9-16-30-25/h4-13,15-16,22,28H,14,17-19H2,1-3H3,(H,31,33). The predicted octanol–water partition coefficient (Wildman–Crippen LogP) is 4.23. The first kappa shape index (κ1) is 24.3. The van der Waals surface area contributed by atoms with Gasteiger partial charge in [0.1, 0.15) is 5.69 Å². The summed E-state index contributed by atoms with van der Waals surface area (Å²) < 4.78 is 0. The Morgan fingerprint density at radius 3 is 2.30 bits per heavy atom. The Bertz CT molecular complexity index is 1050. The molecular formula is C27H32N4O2. The van der Waals surface area contributed by atoms with E-state index in [2.05, 4.69) is 20.6 Å². The number of carbonyl (C=O) groups excluding carboxylic acids is 2. The van der Waals surface area contributed by atoms with Crippen LogP contribution in [-0.2, 0) is 13.0 Å². The van der Waals surface area contributed by atoms with Crippen LogP contribution in [0.4, 0.5) is 0 Å². The number of amides is 1. The van der Waals surface area contributed by atoms with E-state index in [9.17, 15) is 9.59 Å². The van der Waals surface area contributed by atoms with Crippen molar-refractivity contribution in [1.29, 1.82) is 0 Å². The van der Waals surface area contributed by atoms with Gasteiger partial charge in [-0.2, -0.15) is 0 Å². The van der Waals surface area contributed by atoms with Crippen molar-refractivity contribution in [2.75, 3.05) is 6.54 Å². The highest BCUT2D eigenvalue weighted by atomic mass is 16.2. The first-order chi connectivity index (χ1) is 15.9. The summed E-state index contributed by atoms with van der Waals surface area (Å²) in [5, 5.41) is 6.63. The molecule has 2 heterocycles. The SMILES string of the molecule is CC(=O)c1ccccc1CC(CCNCc1ccccn1)C(C)(C)NC(=O)c1ccccn1. The lowest BCUT2D eigenvalue weighted by atomic mass is 9.79. The first-order valence-corrected chi connectivity index (χ1v) is 11.3. The molecule has 1 amide bonds. The lowest BCUT2D eigenvalue weighted by Gasteiger charge is -2.36. The average Bonchev–Trinajstić information content (AvgIpc) is 2.82. The second-order valence-corrected chi connectivity index (χ2v) is 8.79. The molecule has 3 rings (SSSR count). The minimum absolute atomic E-state index is 0.0490. The van der Waals surface area contributed by atoms with Gasteiger partial charge in [0.25, 0.3) is 5.91 Å². The Morgan fingerprint density at radius 2 is 1.64 bits per heavy atom. The van der Waals surface area contributed by atoms with E-state index >= 15 is 0 Å². The number of nitrogens with one attached hydrogen (secondary N) is 2. The molecule has 0 radical (unpaired) electrons. The van der Waals surface area contributed by atoms with Gasteiger partial charge in [-0.15, -0.1) is 0 Å². The Hall–Kier alpha value is -3.38. The Kier molecular flexibility index (Phi) is 8.44. The highest BCUT2D eigenvalue weighted by molar-refractivity contribution is 5.95. The lowest BCUT2D eigenvalue weighted by Crippen LogP contribution is -2.50. The Balaban J connectivity index is 1.74. The zero-order valence-electron chi connectivity index (χ0n) is 19.5. The van der Waals surface area contributed by atoms with Crippen LogP contribution >= 0.6 is 0 Å². The van der Waals surface area contributed by atoms with Crippen LogP contribution < -0.4 is 10.6 Å². The summed E-state index contributed by atoms with van der Waals surface area (Å²) >= 11 is 0. The molecule has 6 heteroatoms. The monoisotopic (exact) mass is 444 g/mol. The number of pyridine rings is 2. The summed E-state index contributed by atoms with van der Waals surface area (Å²) in [6.45, 7) is 7.10. The van der Waals surface area contributed by atoms with Gasteiger partial charge in [0.05, 0.1) is 5.69 Å². The largest absolute Gasteiger partial charge is 0.346 e. The molecule has 6 nitrogen and oxygen atoms in total. The summed E-state index contributed by atoms with van der Waals surface area (Å²) in [4.78, 5) is 33.6. The topological polar surface area (TPSA) is 84.0 Å². The molecule has 1 atom stereocenters. The molecule has 2 N–H and O–H groups in total. The van der Waals surface area contributed by atoms with Crippen molar-refractivity contribution in [2.45, 2.75) is 45.7 Å². The number of rotatable bonds is 11. The van der Waals surface area contributed by atoms with Crippen molar-refractivity contribution in [2.24, 2.45) is 5.92 Å². The Labute approximate surface area is 195 Å². The van der Waals surface area contributed by atoms with E-state index in [1.165, 1.54) is 0 Å². The van der Waals surface area contributed by atoms with Crippen LogP contribution in [0.5, 0.6) is 0 Å². The number of ketones is 1. The van der Waals surface area contributed by atoms with Gasteiger partial charge in [0.15, 0.2) is 5.78 Å². The molecule has 33 heavy (non-hydrogen) atoms. The summed E-state index contributed by atoms with van der Waals surface area (Å²) in [7, 11) is 0. The summed E-state index contributed by atoms with van der Waals surface area (Å²) in [6.07, 6.45) is 4.89. The van der Waals surface area contributed by atoms with Gasteiger partial charge >= 0.3 is 0 Å². The number of hydrogen-bond acceptors (Lipinski definition) is 5. The van der Waals surface area contributed by atoms with E-state index in [-0.39, 0.29) is 17.6 Å². The normalized spacial score (nSPS) is 12.2. The van der Waals surface area contributed by atoms with Crippen molar-refractivity contribution >= 4 is 11.7 Å². The zero-order chi connectivity index (χ0) is 23.7. The smallest absolute Gasteiger partial charge is 0.270 e. The predicted molar refractivity (Wildman–Crippen MR) is 130 cm³/mol. The van der Waals surface area contributed by atoms with Crippen LogP contribution in [0, 0.1) is 5.92 Å². The minimum atomic E-state index is -0.523. The first-order valence-electron chi connectivity index (χ1n) is 11.3. The number of Topliss-reactive ketones (excluding diaryl/α,β-unsaturated/α-hetero) is 1. The number of nitrogens with zero attached hydrogens (tertiary/aromatic N) is 2. The average molecular weight is 445 g/mol. The number of carbonyl (C=O) groups is 2. The molecule has 0 aliphatic rings. The van der Waals surface area contributed by atoms with Crippen LogP contribution in [0.15, 0.2) is 73.1 Å². The molecule has 172 valence electrons. The molecule has 1 aromatic carbocycles. The van der Waals surface area contributed by atoms with Gasteiger partial charge in [0, 0.05) is 30.0 Å². The highest BCUT2D eigenvalue weighted by Crippen LogP contribution is 2.27. The maximum Gasteiger partial charge on any atom is 0.270 e. The molecule has 2 aromatic heterocycles. The lowest BCUT2D eigenvalue weighted by molar-refractivity contribution is 0.0868. The van der Waals surface area contributed by atoms with Crippen LogP contribution in [0.3, 0.4) is 0 Å². The van der Waals surface area contributed by atoms with Crippen molar-refractivity contribution in [3.63, 3.8) is 0 Å². The fourth-order valence-corrected chi connectivity index (χ4v) is 3.98. The molecule has 0 saturated heterocycles. The van der Waals surface area contributed by atoms with Crippen LogP contribution in [0.1, 0.15) is 59.3 Å². The molecule has 0 aliphatic heterocycles. The Morgan fingerprint density at radius 1 is 0.939 bits per heavy atom. The van der Waals surface area contributed by atoms with Crippen molar-refractivity contribution in [1.82, 2.24) is 20.6 Å². The second-order valence-electron chi connectivity index (χ2n) is 8.79. The van der Waals surface area contributed by atoms with E-state index in [1.54, 1.807) is 37.5 Å². The van der Waals surface area contributed by atoms with Crippen LogP contribution in [-0.4, -0.2) is 33.7 Å². The molecule has 3 aromatic rings. The van der Waals surface area contributed by atoms with Gasteiger partial charge in [-0.1, -0.05) is 36.4 Å². The van der Waals surface area contributed by atoms with Crippen LogP contribution in [0.2, 0.25) is 0 Å². The van der Waals surface area contributed by atoms with Gasteiger partial charge in [-0.3, -0.25) is 19.6 Å². The second kappa shape index (κ2) is 11.5. The van der Waals surface area contributed by atoms with Gasteiger partial charge in [0.2, 0.25) is 0 Å². The zero-order valence-corrected chi connectivity index (χ0v) is 19.5. The molecule has 0 aliphatic carbocycles. The quantitative estimate of drug-likeness (QED) is 0.342. The van der Waals surface area contributed by atoms with Gasteiger partial charge in [-0.25, -0.2) is 0 Å². The van der Waals surface area contributed by atoms with Gasteiger partial charge in [-0.05, 0) is 75.9 Å². The third-order valence-corrected chi connectivity index (χ3v) is 5.92. The fourth-order valence-electron chi connectivity index (χ4n) is 3.98. The third kappa shape index (κ3) is 7.05. The molecule has 0 bridgehead atoms. The number of aromatic nitrogens is 2. The van der Waals surface area contributed by atoms with Gasteiger partial charge < -0.3 is 10.6 Å². The van der Waals surface area contributed by atoms with E-state index in [4.69, 9.17) is 0 Å². The van der Waals surface area contributed by atoms with Crippen molar-refractivity contribution in [3.05, 3.63) is 95.6 Å². The number of hydrogen-bond donors (Lipinski definition) is 2. The summed E-state index contributed by atoms with van der Waals surface area (Å²) in [5.41, 5.74) is 2.58. The fraction of sp³-hybridized carbons (Fsp3) is 0.333. The molecular weight excluding hydrogens is 412 g/mol. The number of benzene rings is 1.